The summed E-state index contributed by atoms with van der Waals surface area (Å²) in [6, 6.07) is 17.3. The number of rotatable bonds is 12. The number of carbonyl (C=O) groups excluding carboxylic acids is 4. The van der Waals surface area contributed by atoms with Gasteiger partial charge in [0.1, 0.15) is 24.3 Å². The molecule has 0 radical (unpaired) electrons. The minimum Gasteiger partial charge on any atom is -0.542 e. The molecule has 1 heterocycles. The topological polar surface area (TPSA) is 183 Å². The van der Waals surface area contributed by atoms with E-state index >= 15 is 0 Å². The second kappa shape index (κ2) is 17.6. The van der Waals surface area contributed by atoms with E-state index in [0.717, 1.165) is 17.7 Å². The van der Waals surface area contributed by atoms with E-state index in [1.54, 1.807) is 67.7 Å². The van der Waals surface area contributed by atoms with E-state index in [2.05, 4.69) is 17.7 Å². The van der Waals surface area contributed by atoms with Gasteiger partial charge < -0.3 is 50.2 Å². The third-order valence-corrected chi connectivity index (χ3v) is 8.37. The van der Waals surface area contributed by atoms with Crippen molar-refractivity contribution in [2.75, 3.05) is 39.7 Å². The number of urea groups is 1. The van der Waals surface area contributed by atoms with Crippen LogP contribution < -0.4 is 30.9 Å². The van der Waals surface area contributed by atoms with Gasteiger partial charge in [0.05, 0.1) is 40.4 Å². The molecule has 4 rings (SSSR count). The Morgan fingerprint density at radius 1 is 0.981 bits per heavy atom. The van der Waals surface area contributed by atoms with Gasteiger partial charge in [0.25, 0.3) is 5.91 Å². The number of likely N-dealkylation sites (tertiary alicyclic amines) is 1. The van der Waals surface area contributed by atoms with Crippen molar-refractivity contribution < 1.29 is 56.5 Å². The predicted molar refractivity (Wildman–Crippen MR) is 183 cm³/mol. The molecule has 16 heteroatoms. The van der Waals surface area contributed by atoms with Crippen LogP contribution in [0, 0.1) is 0 Å². The number of phenols is 1. The van der Waals surface area contributed by atoms with Crippen molar-refractivity contribution in [2.45, 2.75) is 57.5 Å². The Balaban J connectivity index is 0.000000944. The summed E-state index contributed by atoms with van der Waals surface area (Å²) in [7, 11) is 5.33. The maximum absolute atomic E-state index is 14.0. The Kier molecular flexibility index (Phi) is 13.9. The standard InChI is InChI=1S/C34H43N5O6.C2HF3O2/c1-22(2)36-33(42)25-9-11-26(12-10-25)37-34(43)38(29(32(35)41)18-23-6-13-28(40)14-7-23)27-16-17-39(3,21-27)20-24-8-15-30(44-4)31(19-24)45-5;3-2(4,5)1(6)7/h6-15,19,22,27,29H,16-18,20-21H2,1-5H3,(H4-,35,36,37,40,41,42,43);(H,6,7)/t27-,29+,39?;/m1./s1. The van der Waals surface area contributed by atoms with Crippen molar-refractivity contribution in [3.05, 3.63) is 83.4 Å². The first-order chi connectivity index (χ1) is 24.3. The number of nitrogens with one attached hydrogen (secondary N) is 2. The van der Waals surface area contributed by atoms with Gasteiger partial charge in [-0.15, -0.1) is 0 Å². The first-order valence-corrected chi connectivity index (χ1v) is 16.3. The first-order valence-electron chi connectivity index (χ1n) is 16.3. The zero-order valence-electron chi connectivity index (χ0n) is 29.5. The number of halogens is 3. The predicted octanol–water partition coefficient (Wildman–Crippen LogP) is 3.20. The molecule has 1 aliphatic rings. The molecule has 3 aromatic carbocycles. The van der Waals surface area contributed by atoms with Gasteiger partial charge >= 0.3 is 12.2 Å². The number of carboxylic acids is 1. The largest absolute Gasteiger partial charge is 0.542 e. The second-order valence-corrected chi connectivity index (χ2v) is 12.9. The van der Waals surface area contributed by atoms with E-state index in [4.69, 9.17) is 25.1 Å². The maximum atomic E-state index is 14.0. The molecule has 3 atom stereocenters. The van der Waals surface area contributed by atoms with E-state index in [-0.39, 0.29) is 30.2 Å². The summed E-state index contributed by atoms with van der Waals surface area (Å²) in [5, 5.41) is 24.3. The fourth-order valence-corrected chi connectivity index (χ4v) is 5.93. The molecule has 282 valence electrons. The molecule has 1 saturated heterocycles. The number of likely N-dealkylation sites (N-methyl/N-ethyl adjacent to an activating group) is 1. The first kappa shape index (κ1) is 40.9. The minimum atomic E-state index is -5.19. The molecule has 1 aliphatic heterocycles. The number of methoxy groups -OCH3 is 2. The number of carboxylic acid groups (broad SMARTS) is 1. The monoisotopic (exact) mass is 731 g/mol. The molecule has 0 saturated carbocycles. The highest BCUT2D eigenvalue weighted by atomic mass is 19.4. The Morgan fingerprint density at radius 3 is 2.08 bits per heavy atom. The number of aromatic hydroxyl groups is 1. The van der Waals surface area contributed by atoms with E-state index in [1.165, 1.54) is 0 Å². The lowest BCUT2D eigenvalue weighted by Crippen LogP contribution is -2.56. The lowest BCUT2D eigenvalue weighted by molar-refractivity contribution is -0.911. The Morgan fingerprint density at radius 2 is 1.56 bits per heavy atom. The number of alkyl halides is 3. The highest BCUT2D eigenvalue weighted by molar-refractivity contribution is 5.96. The Labute approximate surface area is 299 Å². The lowest BCUT2D eigenvalue weighted by Gasteiger charge is -2.36. The van der Waals surface area contributed by atoms with Crippen LogP contribution in [0.3, 0.4) is 0 Å². The minimum absolute atomic E-state index is 0.00741. The van der Waals surface area contributed by atoms with Crippen LogP contribution in [0.25, 0.3) is 0 Å². The molecule has 1 fully saturated rings. The van der Waals surface area contributed by atoms with Gasteiger partial charge in [-0.2, -0.15) is 13.2 Å². The van der Waals surface area contributed by atoms with Crippen molar-refractivity contribution in [2.24, 2.45) is 5.73 Å². The van der Waals surface area contributed by atoms with Crippen molar-refractivity contribution in [3.8, 4) is 17.2 Å². The highest BCUT2D eigenvalue weighted by Crippen LogP contribution is 2.32. The summed E-state index contributed by atoms with van der Waals surface area (Å²) < 4.78 is 43.1. The van der Waals surface area contributed by atoms with Crippen LogP contribution in [0.2, 0.25) is 0 Å². The van der Waals surface area contributed by atoms with Gasteiger partial charge in [0.2, 0.25) is 5.91 Å². The van der Waals surface area contributed by atoms with E-state index in [0.29, 0.717) is 46.7 Å². The number of phenolic OH excluding ortho intramolecular Hbond substituents is 1. The SMILES string of the molecule is COc1ccc(C[N+]2(C)CC[C@@H](N(C(=O)Nc3ccc(C(=O)NC(C)C)cc3)[C@@H](Cc3ccc(O)cc3)C(N)=O)C2)cc1OC.O=C([O-])C(F)(F)F. The smallest absolute Gasteiger partial charge is 0.430 e. The number of quaternary nitrogens is 1. The van der Waals surface area contributed by atoms with Crippen LogP contribution in [0.4, 0.5) is 23.7 Å². The van der Waals surface area contributed by atoms with Crippen molar-refractivity contribution in [1.29, 1.82) is 0 Å². The average molecular weight is 732 g/mol. The number of primary amides is 1. The van der Waals surface area contributed by atoms with Crippen LogP contribution in [0.15, 0.2) is 66.7 Å². The molecule has 0 aromatic heterocycles. The Hall–Kier alpha value is -5.51. The number of anilines is 1. The van der Waals surface area contributed by atoms with Crippen LogP contribution in [0.5, 0.6) is 17.2 Å². The third kappa shape index (κ3) is 11.5. The Bertz CT molecular complexity index is 1700. The summed E-state index contributed by atoms with van der Waals surface area (Å²) >= 11 is 0. The number of carbonyl (C=O) groups is 4. The highest BCUT2D eigenvalue weighted by Gasteiger charge is 2.44. The molecular weight excluding hydrogens is 687 g/mol. The van der Waals surface area contributed by atoms with Crippen LogP contribution in [-0.2, 0) is 22.6 Å². The van der Waals surface area contributed by atoms with Gasteiger partial charge in [0, 0.05) is 35.7 Å². The molecule has 0 bridgehead atoms. The maximum Gasteiger partial charge on any atom is 0.430 e. The fraction of sp³-hybridized carbons (Fsp3) is 0.389. The number of nitrogens with zero attached hydrogens (tertiary/aromatic N) is 2. The van der Waals surface area contributed by atoms with E-state index in [9.17, 15) is 32.7 Å². The number of ether oxygens (including phenoxy) is 2. The number of aliphatic carboxylic acids is 1. The molecule has 1 unspecified atom stereocenters. The number of benzene rings is 3. The zero-order valence-corrected chi connectivity index (χ0v) is 29.5. The van der Waals surface area contributed by atoms with Crippen molar-refractivity contribution >= 4 is 29.5 Å². The summed E-state index contributed by atoms with van der Waals surface area (Å²) in [6.07, 6.45) is -4.35. The summed E-state index contributed by atoms with van der Waals surface area (Å²) in [4.78, 5) is 49.8. The number of nitrogens with two attached hydrogens (primary N) is 1. The fourth-order valence-electron chi connectivity index (χ4n) is 5.93. The van der Waals surface area contributed by atoms with E-state index < -0.39 is 30.1 Å². The lowest BCUT2D eigenvalue weighted by atomic mass is 10.0. The van der Waals surface area contributed by atoms with Crippen LogP contribution in [0.1, 0.15) is 41.8 Å². The molecule has 0 spiro atoms. The molecular formula is C36H44F3N5O8. The molecule has 5 N–H and O–H groups in total. The van der Waals surface area contributed by atoms with Gasteiger partial charge in [-0.25, -0.2) is 4.79 Å². The van der Waals surface area contributed by atoms with Gasteiger partial charge in [0.15, 0.2) is 11.5 Å². The van der Waals surface area contributed by atoms with Crippen LogP contribution in [-0.4, -0.2) is 97.0 Å². The van der Waals surface area contributed by atoms with E-state index in [1.807, 2.05) is 32.0 Å². The molecule has 3 aromatic rings. The number of amides is 4. The summed E-state index contributed by atoms with van der Waals surface area (Å²) in [5.74, 6) is -2.43. The average Bonchev–Trinajstić information content (AvgIpc) is 3.45. The molecule has 52 heavy (non-hydrogen) atoms. The molecule has 0 aliphatic carbocycles. The number of hydrogen-bond donors (Lipinski definition) is 4. The van der Waals surface area contributed by atoms with Gasteiger partial charge in [-0.05, 0) is 74.0 Å². The summed E-state index contributed by atoms with van der Waals surface area (Å²) in [5.41, 5.74) is 8.75. The van der Waals surface area contributed by atoms with Crippen molar-refractivity contribution in [1.82, 2.24) is 10.2 Å². The normalized spacial score (nSPS) is 17.3. The summed E-state index contributed by atoms with van der Waals surface area (Å²) in [6.45, 7) is 5.82. The zero-order chi connectivity index (χ0) is 38.8. The van der Waals surface area contributed by atoms with Crippen molar-refractivity contribution in [3.63, 3.8) is 0 Å². The number of hydrogen-bond acceptors (Lipinski definition) is 8. The molecule has 4 amide bonds. The third-order valence-electron chi connectivity index (χ3n) is 8.37. The van der Waals surface area contributed by atoms with Gasteiger partial charge in [-0.1, -0.05) is 12.1 Å². The van der Waals surface area contributed by atoms with Crippen LogP contribution >= 0.6 is 0 Å². The second-order valence-electron chi connectivity index (χ2n) is 12.9. The van der Waals surface area contributed by atoms with Gasteiger partial charge in [-0.3, -0.25) is 9.59 Å². The molecule has 13 nitrogen and oxygen atoms in total. The quantitative estimate of drug-likeness (QED) is 0.205.